The molecule has 0 spiro atoms. The predicted molar refractivity (Wildman–Crippen MR) is 400 cm³/mol. The van der Waals surface area contributed by atoms with Crippen molar-refractivity contribution in [3.63, 3.8) is 0 Å². The molecule has 0 saturated heterocycles. The van der Waals surface area contributed by atoms with Crippen LogP contribution in [0.1, 0.15) is 424 Å². The Balaban J connectivity index is 0.0000396. The number of hydrogen-bond donors (Lipinski definition) is 0. The number of benzene rings is 2. The van der Waals surface area contributed by atoms with Gasteiger partial charge < -0.3 is 0 Å². The number of nitrogens with zero attached hydrogens (tertiary/aromatic N) is 2. The van der Waals surface area contributed by atoms with E-state index in [4.69, 9.17) is 9.98 Å². The van der Waals surface area contributed by atoms with Gasteiger partial charge in [0.15, 0.2) is 0 Å². The van der Waals surface area contributed by atoms with Crippen molar-refractivity contribution >= 4 is 22.8 Å². The number of hydrogen-bond acceptors (Lipinski definition) is 2. The molecule has 2 nitrogen and oxygen atoms in total. The van der Waals surface area contributed by atoms with Gasteiger partial charge in [0.25, 0.3) is 0 Å². The molecule has 3 heteroatoms. The van der Waals surface area contributed by atoms with Crippen LogP contribution in [0.25, 0.3) is 0 Å². The Labute approximate surface area is 571 Å². The molecule has 0 atom stereocenters. The van der Waals surface area contributed by atoms with Crippen LogP contribution < -0.4 is 0 Å². The first-order chi connectivity index (χ1) is 43.7. The number of unbranched alkanes of at least 4 members (excludes halogenated alkanes) is 53. The fourth-order valence-corrected chi connectivity index (χ4v) is 12.8. The first kappa shape index (κ1) is 84.5. The number of rotatable bonds is 66. The zero-order valence-corrected chi connectivity index (χ0v) is 61.5. The van der Waals surface area contributed by atoms with E-state index in [0.717, 1.165) is 93.4 Å². The molecule has 0 amide bonds. The van der Waals surface area contributed by atoms with Gasteiger partial charge in [0.1, 0.15) is 5.71 Å². The van der Waals surface area contributed by atoms with Crippen molar-refractivity contribution < 1.29 is 20.4 Å². The Kier molecular flexibility index (Phi) is 66.3. The quantitative estimate of drug-likeness (QED) is 0.0207. The summed E-state index contributed by atoms with van der Waals surface area (Å²) in [4.78, 5) is 11.0. The molecule has 0 aliphatic heterocycles. The average molecular weight is 1320 g/mol. The molecule has 89 heavy (non-hydrogen) atoms. The average Bonchev–Trinajstić information content (AvgIpc) is 3.06. The predicted octanol–water partition coefficient (Wildman–Crippen LogP) is 30.2. The van der Waals surface area contributed by atoms with Crippen molar-refractivity contribution in [1.29, 1.82) is 0 Å². The first-order valence-electron chi connectivity index (χ1n) is 39.8. The fourth-order valence-electron chi connectivity index (χ4n) is 12.8. The van der Waals surface area contributed by atoms with Crippen LogP contribution in [-0.2, 0) is 33.3 Å². The maximum absolute atomic E-state index is 5.51. The second-order valence-electron chi connectivity index (χ2n) is 27.4. The molecule has 0 aliphatic rings. The summed E-state index contributed by atoms with van der Waals surface area (Å²) in [6.07, 6.45) is 94.1. The second-order valence-corrected chi connectivity index (χ2v) is 27.4. The molecule has 0 heterocycles. The summed E-state index contributed by atoms with van der Waals surface area (Å²) in [5.41, 5.74) is 6.75. The van der Waals surface area contributed by atoms with Crippen LogP contribution in [0.15, 0.2) is 82.8 Å². The van der Waals surface area contributed by atoms with E-state index in [1.54, 1.807) is 0 Å². The number of aliphatic imine (C=N–C) groups is 2. The summed E-state index contributed by atoms with van der Waals surface area (Å²) in [5, 5.41) is 0. The van der Waals surface area contributed by atoms with Gasteiger partial charge in [-0.15, -0.1) is 0 Å². The summed E-state index contributed by atoms with van der Waals surface area (Å²) < 4.78 is 0. The van der Waals surface area contributed by atoms with Gasteiger partial charge in [-0.05, 0) is 113 Å². The Morgan fingerprint density at radius 2 is 0.551 bits per heavy atom. The largest absolute Gasteiger partial charge is 2.00 e. The molecule has 0 radical (unpaired) electrons. The third-order valence-corrected chi connectivity index (χ3v) is 18.8. The molecule has 510 valence electrons. The fraction of sp³-hybridized carbons (Fsp3) is 0.767. The summed E-state index contributed by atoms with van der Waals surface area (Å²) >= 11 is 0. The summed E-state index contributed by atoms with van der Waals surface area (Å²) in [7, 11) is 0. The molecule has 0 N–H and O–H groups in total. The van der Waals surface area contributed by atoms with Gasteiger partial charge >= 0.3 is 20.4 Å². The summed E-state index contributed by atoms with van der Waals surface area (Å²) in [5.74, 6) is 7.26. The smallest absolute Gasteiger partial charge is 0.250 e. The Bertz CT molecular complexity index is 1960. The molecule has 0 fully saturated rings. The number of allylic oxidation sites excluding steroid dienone is 4. The topological polar surface area (TPSA) is 24.7 Å². The van der Waals surface area contributed by atoms with E-state index < -0.39 is 0 Å². The molecule has 0 aliphatic carbocycles. The normalized spacial score (nSPS) is 12.0. The van der Waals surface area contributed by atoms with Crippen LogP contribution in [0.5, 0.6) is 0 Å². The van der Waals surface area contributed by atoms with Crippen molar-refractivity contribution in [1.82, 2.24) is 0 Å². The van der Waals surface area contributed by atoms with E-state index in [-0.39, 0.29) is 20.4 Å². The zero-order valence-electron chi connectivity index (χ0n) is 60.0. The maximum atomic E-state index is 5.51. The minimum Gasteiger partial charge on any atom is -0.250 e. The van der Waals surface area contributed by atoms with E-state index in [1.807, 2.05) is 0 Å². The Morgan fingerprint density at radius 3 is 0.865 bits per heavy atom. The number of para-hydroxylation sites is 2. The Morgan fingerprint density at radius 1 is 0.292 bits per heavy atom. The summed E-state index contributed by atoms with van der Waals surface area (Å²) in [6, 6.07) is 17.7. The molecule has 0 saturated carbocycles. The van der Waals surface area contributed by atoms with E-state index in [0.29, 0.717) is 0 Å². The number of aryl methyl sites for hydroxylation is 2. The molecule has 0 bridgehead atoms. The van der Waals surface area contributed by atoms with Crippen LogP contribution in [0.3, 0.4) is 0 Å². The van der Waals surface area contributed by atoms with E-state index in [1.165, 1.54) is 339 Å². The SMILES string of the molecule is CCCCCCCCC#CC(=N\c1ccccc1CCC/C=C/CCCCCCCCCCCCCCCCCCCCCCCC)/C(CCCC)=N\c1ccccc1CCC/C=C/CCCCCCCCCCCCCCCCCCCCCCCC.[Pd+2]. The van der Waals surface area contributed by atoms with Gasteiger partial charge in [0, 0.05) is 6.42 Å². The van der Waals surface area contributed by atoms with Crippen LogP contribution in [0, 0.1) is 11.8 Å². The summed E-state index contributed by atoms with van der Waals surface area (Å²) in [6.45, 7) is 9.21. The minimum absolute atomic E-state index is 0. The first-order valence-corrected chi connectivity index (χ1v) is 39.8. The third kappa shape index (κ3) is 55.6. The Hall–Kier alpha value is -2.52. The molecule has 2 aromatic rings. The molecule has 2 aromatic carbocycles. The van der Waals surface area contributed by atoms with Crippen molar-refractivity contribution in [3.8, 4) is 11.8 Å². The monoisotopic (exact) mass is 1320 g/mol. The van der Waals surface area contributed by atoms with Crippen LogP contribution in [0.4, 0.5) is 11.4 Å². The molecular weight excluding hydrogens is 1170 g/mol. The molecule has 2 rings (SSSR count). The van der Waals surface area contributed by atoms with Crippen LogP contribution >= 0.6 is 0 Å². The third-order valence-electron chi connectivity index (χ3n) is 18.8. The van der Waals surface area contributed by atoms with Gasteiger partial charge in [-0.3, -0.25) is 4.99 Å². The van der Waals surface area contributed by atoms with Crippen LogP contribution in [0.2, 0.25) is 0 Å². The minimum atomic E-state index is 0. The molecule has 0 unspecified atom stereocenters. The standard InChI is InChI=1S/C86H148N2.Pd/c1-5-9-13-16-19-22-24-26-28-30-32-34-36-38-40-42-44-46-48-50-52-54-56-58-60-63-66-73-81-75-69-71-78-83(81)87-85(77-12-8-4)86(80-68-65-62-21-18-15-11-7-3)88-84-79-72-70-76-82(84)74-67-64-61-59-57-55-53-51-49-47-45-43-41-39-37-35-33-31-29-27-25-23-20-17-14-10-6-2;/h58-61,69-72,75-76,78-79H,5-57,62-67,73-74,77H2,1-4H3;/q;+2/b60-58+,61-59+,87-85-,88-86+;. The van der Waals surface area contributed by atoms with Crippen molar-refractivity contribution in [2.45, 2.75) is 426 Å². The maximum Gasteiger partial charge on any atom is 2.00 e. The van der Waals surface area contributed by atoms with Gasteiger partial charge in [0.2, 0.25) is 0 Å². The van der Waals surface area contributed by atoms with Crippen molar-refractivity contribution in [2.75, 3.05) is 0 Å². The van der Waals surface area contributed by atoms with Gasteiger partial charge in [-0.1, -0.05) is 403 Å². The zero-order chi connectivity index (χ0) is 62.6. The molecular formula is C86H148N2Pd+2. The molecule has 0 aromatic heterocycles. The van der Waals surface area contributed by atoms with Gasteiger partial charge in [0.05, 0.1) is 17.1 Å². The van der Waals surface area contributed by atoms with Gasteiger partial charge in [-0.25, -0.2) is 4.99 Å². The second kappa shape index (κ2) is 69.8. The van der Waals surface area contributed by atoms with E-state index >= 15 is 0 Å². The van der Waals surface area contributed by atoms with Gasteiger partial charge in [-0.2, -0.15) is 0 Å². The van der Waals surface area contributed by atoms with Crippen LogP contribution in [-0.4, -0.2) is 11.4 Å². The van der Waals surface area contributed by atoms with Crippen molar-refractivity contribution in [3.05, 3.63) is 84.0 Å². The van der Waals surface area contributed by atoms with E-state index in [2.05, 4.69) is 112 Å². The van der Waals surface area contributed by atoms with Crippen molar-refractivity contribution in [2.24, 2.45) is 9.98 Å². The van der Waals surface area contributed by atoms with E-state index in [9.17, 15) is 0 Å².